The molecule has 0 radical (unpaired) electrons. The third kappa shape index (κ3) is 3.59. The van der Waals surface area contributed by atoms with Crippen molar-refractivity contribution in [2.45, 2.75) is 18.6 Å². The quantitative estimate of drug-likeness (QED) is 0.594. The van der Waals surface area contributed by atoms with Gasteiger partial charge < -0.3 is 4.55 Å². The average molecular weight is 382 g/mol. The van der Waals surface area contributed by atoms with Crippen LogP contribution >= 0.6 is 23.2 Å². The molecule has 3 rings (SSSR count). The van der Waals surface area contributed by atoms with Gasteiger partial charge in [0, 0.05) is 28.5 Å². The van der Waals surface area contributed by atoms with Crippen molar-refractivity contribution in [1.82, 2.24) is 4.31 Å². The molecule has 1 aliphatic heterocycles. The van der Waals surface area contributed by atoms with Crippen LogP contribution in [0.1, 0.15) is 18.4 Å². The zero-order valence-electron chi connectivity index (χ0n) is 12.5. The maximum atomic E-state index is 12.5. The Hall–Kier alpha value is -1.53. The van der Waals surface area contributed by atoms with Gasteiger partial charge in [-0.25, -0.2) is 0 Å². The van der Waals surface area contributed by atoms with Crippen LogP contribution in [0, 0.1) is 0 Å². The molecule has 2 aromatic rings. The molecular formula is C17H13Cl2NO3S. The first kappa shape index (κ1) is 17.3. The highest BCUT2D eigenvalue weighted by molar-refractivity contribution is 7.89. The molecule has 1 aliphatic rings. The van der Waals surface area contributed by atoms with E-state index in [-0.39, 0.29) is 30.4 Å². The minimum absolute atomic E-state index is 0.0672. The summed E-state index contributed by atoms with van der Waals surface area (Å²) in [6, 6.07) is 12.5. The number of hydrogen-bond donors (Lipinski definition) is 0. The first-order chi connectivity index (χ1) is 11.5. The molecule has 1 saturated heterocycles. The molecule has 1 atom stereocenters. The number of carbonyl (C=O) groups is 2. The zero-order chi connectivity index (χ0) is 17.3. The maximum absolute atomic E-state index is 12.5. The van der Waals surface area contributed by atoms with E-state index in [1.54, 1.807) is 18.2 Å². The molecule has 1 fully saturated rings. The summed E-state index contributed by atoms with van der Waals surface area (Å²) >= 11 is 10.4. The molecule has 0 spiro atoms. The summed E-state index contributed by atoms with van der Waals surface area (Å²) in [7, 11) is 0. The van der Waals surface area contributed by atoms with Crippen molar-refractivity contribution in [3.05, 3.63) is 58.1 Å². The van der Waals surface area contributed by atoms with E-state index in [9.17, 15) is 14.1 Å². The van der Waals surface area contributed by atoms with Gasteiger partial charge in [-0.1, -0.05) is 51.8 Å². The summed E-state index contributed by atoms with van der Waals surface area (Å²) in [5, 5.41) is 0.997. The summed E-state index contributed by atoms with van der Waals surface area (Å²) in [4.78, 5) is 23.5. The molecule has 1 unspecified atom stereocenters. The zero-order valence-corrected chi connectivity index (χ0v) is 14.8. The number of carbonyl (C=O) groups excluding carboxylic acids is 2. The fourth-order valence-electron chi connectivity index (χ4n) is 2.62. The van der Waals surface area contributed by atoms with Gasteiger partial charge in [-0.3, -0.25) is 9.59 Å². The van der Waals surface area contributed by atoms with E-state index < -0.39 is 11.4 Å². The maximum Gasteiger partial charge on any atom is 0.273 e. The Labute approximate surface area is 152 Å². The molecule has 2 amide bonds. The van der Waals surface area contributed by atoms with Crippen molar-refractivity contribution in [2.75, 3.05) is 0 Å². The molecule has 0 aliphatic carbocycles. The third-order valence-electron chi connectivity index (χ3n) is 3.68. The first-order valence-electron chi connectivity index (χ1n) is 7.24. The van der Waals surface area contributed by atoms with Crippen LogP contribution in [0.5, 0.6) is 0 Å². The minimum Gasteiger partial charge on any atom is -0.592 e. The number of imide groups is 1. The lowest BCUT2D eigenvalue weighted by atomic mass is 10.0. The van der Waals surface area contributed by atoms with E-state index in [1.165, 1.54) is 0 Å². The van der Waals surface area contributed by atoms with Crippen molar-refractivity contribution in [3.8, 4) is 11.1 Å². The second-order valence-electron chi connectivity index (χ2n) is 5.36. The van der Waals surface area contributed by atoms with Gasteiger partial charge in [0.2, 0.25) is 0 Å². The highest BCUT2D eigenvalue weighted by atomic mass is 35.5. The van der Waals surface area contributed by atoms with Crippen LogP contribution in [0.2, 0.25) is 10.0 Å². The highest BCUT2D eigenvalue weighted by Crippen LogP contribution is 2.31. The molecule has 0 bridgehead atoms. The van der Waals surface area contributed by atoms with Crippen molar-refractivity contribution in [3.63, 3.8) is 0 Å². The normalized spacial score (nSPS) is 15.9. The Morgan fingerprint density at radius 1 is 1.00 bits per heavy atom. The van der Waals surface area contributed by atoms with Gasteiger partial charge in [0.1, 0.15) is 0 Å². The van der Waals surface area contributed by atoms with Crippen molar-refractivity contribution < 1.29 is 14.1 Å². The van der Waals surface area contributed by atoms with E-state index in [0.29, 0.717) is 10.0 Å². The molecule has 4 nitrogen and oxygen atoms in total. The molecule has 7 heteroatoms. The highest BCUT2D eigenvalue weighted by Gasteiger charge is 2.38. The minimum atomic E-state index is -1.73. The Kier molecular flexibility index (Phi) is 5.15. The summed E-state index contributed by atoms with van der Waals surface area (Å²) in [5.74, 6) is -0.708. The standard InChI is InChI=1S/C17H13Cl2NO3S/c18-13-7-12(8-14(19)9-13)15-4-2-1-3-11(15)10-24(23)20-16(21)5-6-17(20)22/h1-4,7-9H,5-6,10H2. The monoisotopic (exact) mass is 381 g/mol. The first-order valence-corrected chi connectivity index (χ1v) is 9.27. The predicted molar refractivity (Wildman–Crippen MR) is 94.8 cm³/mol. The second-order valence-corrected chi connectivity index (χ2v) is 7.53. The lowest BCUT2D eigenvalue weighted by Crippen LogP contribution is -2.36. The summed E-state index contributed by atoms with van der Waals surface area (Å²) < 4.78 is 13.4. The molecular weight excluding hydrogens is 369 g/mol. The van der Waals surface area contributed by atoms with Gasteiger partial charge in [-0.2, -0.15) is 0 Å². The van der Waals surface area contributed by atoms with Crippen LogP contribution in [0.4, 0.5) is 0 Å². The second kappa shape index (κ2) is 7.15. The lowest BCUT2D eigenvalue weighted by molar-refractivity contribution is -0.132. The Balaban J connectivity index is 1.92. The molecule has 0 aromatic heterocycles. The number of hydrogen-bond acceptors (Lipinski definition) is 3. The number of halogens is 2. The van der Waals surface area contributed by atoms with Gasteiger partial charge in [-0.15, -0.1) is 0 Å². The molecule has 0 saturated carbocycles. The molecule has 1 heterocycles. The number of amides is 2. The van der Waals surface area contributed by atoms with E-state index in [0.717, 1.165) is 21.0 Å². The van der Waals surface area contributed by atoms with E-state index in [1.807, 2.05) is 24.3 Å². The summed E-state index contributed by atoms with van der Waals surface area (Å²) in [5.41, 5.74) is 2.36. The number of nitrogens with zero attached hydrogens (tertiary/aromatic N) is 1. The van der Waals surface area contributed by atoms with Crippen molar-refractivity contribution in [2.24, 2.45) is 0 Å². The fraction of sp³-hybridized carbons (Fsp3) is 0.176. The van der Waals surface area contributed by atoms with Gasteiger partial charge >= 0.3 is 0 Å². The van der Waals surface area contributed by atoms with Gasteiger partial charge in [0.05, 0.1) is 11.4 Å². The molecule has 24 heavy (non-hydrogen) atoms. The Bertz CT molecular complexity index is 776. The Morgan fingerprint density at radius 2 is 1.58 bits per heavy atom. The van der Waals surface area contributed by atoms with Gasteiger partial charge in [0.15, 0.2) is 5.75 Å². The predicted octanol–water partition coefficient (Wildman–Crippen LogP) is 3.97. The Morgan fingerprint density at radius 3 is 2.21 bits per heavy atom. The molecule has 124 valence electrons. The van der Waals surface area contributed by atoms with Gasteiger partial charge in [-0.05, 0) is 29.3 Å². The van der Waals surface area contributed by atoms with Crippen LogP contribution in [0.3, 0.4) is 0 Å². The van der Waals surface area contributed by atoms with Crippen molar-refractivity contribution >= 4 is 46.4 Å². The van der Waals surface area contributed by atoms with Crippen LogP contribution < -0.4 is 0 Å². The smallest absolute Gasteiger partial charge is 0.273 e. The van der Waals surface area contributed by atoms with Crippen LogP contribution in [0.15, 0.2) is 42.5 Å². The fourth-order valence-corrected chi connectivity index (χ4v) is 4.43. The molecule has 2 aromatic carbocycles. The van der Waals surface area contributed by atoms with E-state index >= 15 is 0 Å². The molecule has 0 N–H and O–H groups in total. The number of rotatable bonds is 4. The third-order valence-corrected chi connectivity index (χ3v) is 5.49. The van der Waals surface area contributed by atoms with E-state index in [2.05, 4.69) is 0 Å². The summed E-state index contributed by atoms with van der Waals surface area (Å²) in [6.45, 7) is 0. The van der Waals surface area contributed by atoms with Crippen LogP contribution in [-0.2, 0) is 26.7 Å². The largest absolute Gasteiger partial charge is 0.592 e. The van der Waals surface area contributed by atoms with E-state index in [4.69, 9.17) is 23.2 Å². The number of benzene rings is 2. The van der Waals surface area contributed by atoms with Crippen LogP contribution in [0.25, 0.3) is 11.1 Å². The lowest BCUT2D eigenvalue weighted by Gasteiger charge is -2.19. The average Bonchev–Trinajstić information content (AvgIpc) is 2.86. The summed E-state index contributed by atoms with van der Waals surface area (Å²) in [6.07, 6.45) is 0.242. The van der Waals surface area contributed by atoms with Crippen molar-refractivity contribution in [1.29, 1.82) is 0 Å². The van der Waals surface area contributed by atoms with Crippen LogP contribution in [-0.4, -0.2) is 20.7 Å². The van der Waals surface area contributed by atoms with Gasteiger partial charge in [0.25, 0.3) is 11.8 Å². The topological polar surface area (TPSA) is 60.4 Å². The SMILES string of the molecule is O=C1CCC(=O)N1[S+]([O-])Cc1ccccc1-c1cc(Cl)cc(Cl)c1.